The summed E-state index contributed by atoms with van der Waals surface area (Å²) in [6.45, 7) is 0.404. The molecule has 1 aliphatic heterocycles. The summed E-state index contributed by atoms with van der Waals surface area (Å²) in [5.41, 5.74) is 2.19. The number of rotatable bonds is 5. The molecular formula is C22H22ClN5O4. The van der Waals surface area contributed by atoms with Gasteiger partial charge in [-0.2, -0.15) is 5.10 Å². The molecule has 10 heteroatoms. The normalized spacial score (nSPS) is 15.1. The van der Waals surface area contributed by atoms with Crippen molar-refractivity contribution in [3.63, 3.8) is 0 Å². The minimum Gasteiger partial charge on any atom is -0.493 e. The van der Waals surface area contributed by atoms with Crippen molar-refractivity contribution >= 4 is 29.1 Å². The number of nitrogens with zero attached hydrogens (tertiary/aromatic N) is 4. The number of hydrogen-bond acceptors (Lipinski definition) is 6. The van der Waals surface area contributed by atoms with Gasteiger partial charge < -0.3 is 19.7 Å². The number of hydrogen-bond donors (Lipinski definition) is 1. The lowest BCUT2D eigenvalue weighted by molar-refractivity contribution is 0.0931. The molecule has 0 fully saturated rings. The maximum absolute atomic E-state index is 13.3. The summed E-state index contributed by atoms with van der Waals surface area (Å²) in [5, 5.41) is 7.60. The molecule has 32 heavy (non-hydrogen) atoms. The van der Waals surface area contributed by atoms with Crippen molar-refractivity contribution in [1.29, 1.82) is 0 Å². The van der Waals surface area contributed by atoms with Crippen LogP contribution in [-0.4, -0.2) is 47.3 Å². The molecular weight excluding hydrogens is 434 g/mol. The number of amides is 2. The summed E-state index contributed by atoms with van der Waals surface area (Å²) < 4.78 is 12.2. The highest BCUT2D eigenvalue weighted by molar-refractivity contribution is 6.33. The van der Waals surface area contributed by atoms with E-state index in [1.807, 2.05) is 0 Å². The molecule has 0 saturated carbocycles. The number of aryl methyl sites for hydroxylation is 1. The van der Waals surface area contributed by atoms with Crippen molar-refractivity contribution < 1.29 is 19.1 Å². The molecule has 0 radical (unpaired) electrons. The molecule has 2 amide bonds. The lowest BCUT2D eigenvalue weighted by atomic mass is 10.0. The van der Waals surface area contributed by atoms with Crippen LogP contribution in [0.2, 0.25) is 5.02 Å². The molecule has 0 aliphatic carbocycles. The topological polar surface area (TPSA) is 98.6 Å². The zero-order valence-corrected chi connectivity index (χ0v) is 18.6. The average molecular weight is 456 g/mol. The highest BCUT2D eigenvalue weighted by atomic mass is 35.5. The summed E-state index contributed by atoms with van der Waals surface area (Å²) in [6, 6.07) is 6.28. The van der Waals surface area contributed by atoms with Crippen molar-refractivity contribution in [1.82, 2.24) is 20.1 Å². The van der Waals surface area contributed by atoms with Crippen molar-refractivity contribution in [2.45, 2.75) is 12.5 Å². The third-order valence-corrected chi connectivity index (χ3v) is 5.73. The Morgan fingerprint density at radius 2 is 1.94 bits per heavy atom. The molecule has 1 aliphatic rings. The van der Waals surface area contributed by atoms with Gasteiger partial charge >= 0.3 is 0 Å². The largest absolute Gasteiger partial charge is 0.493 e. The summed E-state index contributed by atoms with van der Waals surface area (Å²) >= 11 is 6.11. The van der Waals surface area contributed by atoms with E-state index in [-0.39, 0.29) is 22.9 Å². The number of nitrogens with one attached hydrogen (secondary N) is 1. The monoisotopic (exact) mass is 455 g/mol. The van der Waals surface area contributed by atoms with Crippen molar-refractivity contribution in [2.24, 2.45) is 7.05 Å². The molecule has 1 aromatic carbocycles. The van der Waals surface area contributed by atoms with Crippen LogP contribution in [-0.2, 0) is 7.05 Å². The van der Waals surface area contributed by atoms with Gasteiger partial charge in [-0.25, -0.2) is 0 Å². The Labute approximate surface area is 189 Å². The van der Waals surface area contributed by atoms with Crippen LogP contribution in [0.5, 0.6) is 11.5 Å². The molecule has 9 nitrogen and oxygen atoms in total. The Morgan fingerprint density at radius 1 is 1.16 bits per heavy atom. The lowest BCUT2D eigenvalue weighted by Gasteiger charge is -2.32. The smallest absolute Gasteiger partial charge is 0.258 e. The number of benzene rings is 1. The Balaban J connectivity index is 1.61. The van der Waals surface area contributed by atoms with Gasteiger partial charge in [0.25, 0.3) is 11.8 Å². The predicted octanol–water partition coefficient (Wildman–Crippen LogP) is 3.01. The maximum atomic E-state index is 13.3. The summed E-state index contributed by atoms with van der Waals surface area (Å²) in [5.74, 6) is 0.514. The van der Waals surface area contributed by atoms with Crippen LogP contribution in [0.25, 0.3) is 0 Å². The van der Waals surface area contributed by atoms with Gasteiger partial charge in [-0.15, -0.1) is 0 Å². The van der Waals surface area contributed by atoms with Crippen LogP contribution in [0.15, 0.2) is 42.9 Å². The maximum Gasteiger partial charge on any atom is 0.258 e. The fourth-order valence-corrected chi connectivity index (χ4v) is 4.04. The summed E-state index contributed by atoms with van der Waals surface area (Å²) in [4.78, 5) is 31.7. The number of carbonyl (C=O) groups excluding carboxylic acids is 2. The van der Waals surface area contributed by atoms with Gasteiger partial charge in [-0.05, 0) is 30.7 Å². The second-order valence-corrected chi connectivity index (χ2v) is 7.64. The van der Waals surface area contributed by atoms with Crippen LogP contribution >= 0.6 is 11.6 Å². The third-order valence-electron chi connectivity index (χ3n) is 5.42. The minimum absolute atomic E-state index is 0.192. The molecule has 1 N–H and O–H groups in total. The molecule has 3 aromatic rings. The van der Waals surface area contributed by atoms with E-state index in [2.05, 4.69) is 15.4 Å². The van der Waals surface area contributed by atoms with Gasteiger partial charge in [0.15, 0.2) is 11.5 Å². The first-order valence-corrected chi connectivity index (χ1v) is 10.3. The average Bonchev–Trinajstić information content (AvgIpc) is 3.20. The number of pyridine rings is 1. The van der Waals surface area contributed by atoms with E-state index < -0.39 is 0 Å². The molecule has 0 bridgehead atoms. The minimum atomic E-state index is -0.330. The van der Waals surface area contributed by atoms with Gasteiger partial charge in [-0.3, -0.25) is 19.3 Å². The zero-order chi connectivity index (χ0) is 22.8. The standard InChI is InChI=1S/C22H22ClN5O4/c1-27-20-16(26-21(29)14-6-8-24-11-15(14)23)7-9-28(17(20)12-25-27)22(30)13-4-5-18(31-2)19(10-13)32-3/h4-6,8,10-12,16H,7,9H2,1-3H3,(H,26,29). The van der Waals surface area contributed by atoms with E-state index >= 15 is 0 Å². The number of ether oxygens (including phenoxy) is 2. The molecule has 1 unspecified atom stereocenters. The zero-order valence-electron chi connectivity index (χ0n) is 17.8. The Kier molecular flexibility index (Phi) is 6.00. The second kappa shape index (κ2) is 8.88. The molecule has 2 aromatic heterocycles. The number of aromatic nitrogens is 3. The predicted molar refractivity (Wildman–Crippen MR) is 119 cm³/mol. The fraction of sp³-hybridized carbons (Fsp3) is 0.273. The van der Waals surface area contributed by atoms with Crippen molar-refractivity contribution in [3.05, 3.63) is 64.7 Å². The van der Waals surface area contributed by atoms with Gasteiger partial charge in [0.1, 0.15) is 0 Å². The van der Waals surface area contributed by atoms with E-state index in [0.29, 0.717) is 41.3 Å². The highest BCUT2D eigenvalue weighted by Gasteiger charge is 2.33. The summed E-state index contributed by atoms with van der Waals surface area (Å²) in [6.07, 6.45) is 5.09. The fourth-order valence-electron chi connectivity index (χ4n) is 3.83. The van der Waals surface area contributed by atoms with E-state index in [4.69, 9.17) is 21.1 Å². The number of anilines is 1. The molecule has 4 rings (SSSR count). The Hall–Kier alpha value is -3.59. The SMILES string of the molecule is COc1ccc(C(=O)N2CCC(NC(=O)c3ccncc3Cl)c3c2cnn3C)cc1OC. The van der Waals surface area contributed by atoms with Crippen LogP contribution in [0.4, 0.5) is 5.69 Å². The van der Waals surface area contributed by atoms with Crippen LogP contribution in [0.3, 0.4) is 0 Å². The number of methoxy groups -OCH3 is 2. The number of halogens is 1. The van der Waals surface area contributed by atoms with E-state index in [1.165, 1.54) is 19.5 Å². The third kappa shape index (κ3) is 3.87. The van der Waals surface area contributed by atoms with Crippen molar-refractivity contribution in [2.75, 3.05) is 25.7 Å². The number of fused-ring (bicyclic) bond motifs is 1. The van der Waals surface area contributed by atoms with Gasteiger partial charge in [0.2, 0.25) is 0 Å². The first-order valence-electron chi connectivity index (χ1n) is 9.90. The summed E-state index contributed by atoms with van der Waals surface area (Å²) in [7, 11) is 4.84. The van der Waals surface area contributed by atoms with Crippen molar-refractivity contribution in [3.8, 4) is 11.5 Å². The highest BCUT2D eigenvalue weighted by Crippen LogP contribution is 2.36. The molecule has 0 spiro atoms. The van der Waals surface area contributed by atoms with Crippen LogP contribution in [0, 0.1) is 0 Å². The quantitative estimate of drug-likeness (QED) is 0.635. The lowest BCUT2D eigenvalue weighted by Crippen LogP contribution is -2.41. The number of carbonyl (C=O) groups is 2. The van der Waals surface area contributed by atoms with Crippen LogP contribution in [0.1, 0.15) is 38.9 Å². The molecule has 166 valence electrons. The molecule has 1 atom stereocenters. The van der Waals surface area contributed by atoms with Gasteiger partial charge in [0.05, 0.1) is 48.4 Å². The first-order chi connectivity index (χ1) is 15.4. The molecule has 0 saturated heterocycles. The Bertz CT molecular complexity index is 1180. The van der Waals surface area contributed by atoms with E-state index in [9.17, 15) is 9.59 Å². The van der Waals surface area contributed by atoms with Gasteiger partial charge in [0, 0.05) is 31.5 Å². The molecule has 3 heterocycles. The van der Waals surface area contributed by atoms with Crippen LogP contribution < -0.4 is 19.7 Å². The Morgan fingerprint density at radius 3 is 2.66 bits per heavy atom. The van der Waals surface area contributed by atoms with E-state index in [1.54, 1.807) is 54.2 Å². The van der Waals surface area contributed by atoms with E-state index in [0.717, 1.165) is 5.69 Å². The van der Waals surface area contributed by atoms with Gasteiger partial charge in [-0.1, -0.05) is 11.6 Å². The first kappa shape index (κ1) is 21.6. The second-order valence-electron chi connectivity index (χ2n) is 7.24.